The third-order valence-corrected chi connectivity index (χ3v) is 6.27. The van der Waals surface area contributed by atoms with E-state index in [2.05, 4.69) is 49.7 Å². The van der Waals surface area contributed by atoms with Crippen molar-refractivity contribution in [2.45, 2.75) is 72.0 Å². The van der Waals surface area contributed by atoms with Gasteiger partial charge in [-0.1, -0.05) is 20.8 Å². The van der Waals surface area contributed by atoms with Crippen molar-refractivity contribution >= 4 is 22.5 Å². The molecular formula is C23H31N3O2. The van der Waals surface area contributed by atoms with Gasteiger partial charge in [0.15, 0.2) is 0 Å². The zero-order valence-electron chi connectivity index (χ0n) is 17.8. The number of benzene rings is 1. The maximum absolute atomic E-state index is 13.2. The van der Waals surface area contributed by atoms with Gasteiger partial charge in [-0.25, -0.2) is 0 Å². The Labute approximate surface area is 167 Å². The van der Waals surface area contributed by atoms with Crippen molar-refractivity contribution in [3.63, 3.8) is 0 Å². The van der Waals surface area contributed by atoms with E-state index >= 15 is 0 Å². The molecule has 2 aliphatic heterocycles. The number of nitrogens with one attached hydrogen (secondary N) is 1. The number of nitrogens with zero attached hydrogens (tertiary/aromatic N) is 2. The second-order valence-corrected chi connectivity index (χ2v) is 8.65. The average molecular weight is 382 g/mol. The highest BCUT2D eigenvalue weighted by Crippen LogP contribution is 2.43. The lowest BCUT2D eigenvalue weighted by Crippen LogP contribution is -2.56. The molecule has 5 heteroatoms. The Kier molecular flexibility index (Phi) is 4.72. The predicted molar refractivity (Wildman–Crippen MR) is 113 cm³/mol. The van der Waals surface area contributed by atoms with Crippen LogP contribution in [-0.4, -0.2) is 40.7 Å². The van der Waals surface area contributed by atoms with Crippen LogP contribution in [0, 0.1) is 12.8 Å². The number of aryl methyl sites for hydroxylation is 1. The van der Waals surface area contributed by atoms with Crippen LogP contribution in [0.15, 0.2) is 17.1 Å². The third kappa shape index (κ3) is 2.83. The Morgan fingerprint density at radius 2 is 2.11 bits per heavy atom. The molecule has 3 unspecified atom stereocenters. The number of aliphatic imine (C=N–C) groups is 1. The molecule has 0 aliphatic carbocycles. The second-order valence-electron chi connectivity index (χ2n) is 8.65. The van der Waals surface area contributed by atoms with Gasteiger partial charge in [0.2, 0.25) is 5.91 Å². The largest absolute Gasteiger partial charge is 0.496 e. The number of hydrogen-bond donors (Lipinski definition) is 1. The van der Waals surface area contributed by atoms with E-state index in [-0.39, 0.29) is 24.0 Å². The minimum Gasteiger partial charge on any atom is -0.496 e. The molecule has 4 rings (SSSR count). The molecular weight excluding hydrogens is 350 g/mol. The summed E-state index contributed by atoms with van der Waals surface area (Å²) in [5.74, 6) is 1.54. The van der Waals surface area contributed by atoms with Gasteiger partial charge in [-0.05, 0) is 49.8 Å². The zero-order valence-corrected chi connectivity index (χ0v) is 17.8. The van der Waals surface area contributed by atoms with E-state index in [1.54, 1.807) is 7.11 Å². The van der Waals surface area contributed by atoms with E-state index in [9.17, 15) is 4.79 Å². The number of aromatic amines is 1. The number of carbonyl (C=O) groups is 1. The molecule has 0 saturated carbocycles. The van der Waals surface area contributed by atoms with Crippen LogP contribution in [0.4, 0.5) is 0 Å². The minimum atomic E-state index is -0.283. The van der Waals surface area contributed by atoms with Gasteiger partial charge in [0.05, 0.1) is 19.2 Å². The number of ether oxygens (including phenoxy) is 1. The molecule has 3 atom stereocenters. The first-order valence-electron chi connectivity index (χ1n) is 10.4. The standard InChI is InChI=1S/C23H31N3O2/c1-7-17-19-10-16-15-9-13(4)21(28-6)11-18(15)25-22(16)20(8-12(2)3)26(19)23(27)14(5)24-17/h9,11-12,14,19-20,25H,7-8,10H2,1-6H3. The van der Waals surface area contributed by atoms with Crippen LogP contribution in [0.5, 0.6) is 5.75 Å². The summed E-state index contributed by atoms with van der Waals surface area (Å²) >= 11 is 0. The number of rotatable bonds is 4. The smallest absolute Gasteiger partial charge is 0.248 e. The van der Waals surface area contributed by atoms with Crippen LogP contribution >= 0.6 is 0 Å². The molecule has 0 radical (unpaired) electrons. The fourth-order valence-corrected chi connectivity index (χ4v) is 4.98. The van der Waals surface area contributed by atoms with Crippen molar-refractivity contribution in [3.8, 4) is 5.75 Å². The first-order valence-corrected chi connectivity index (χ1v) is 10.4. The molecule has 5 nitrogen and oxygen atoms in total. The van der Waals surface area contributed by atoms with Crippen molar-refractivity contribution in [2.24, 2.45) is 10.9 Å². The lowest BCUT2D eigenvalue weighted by molar-refractivity contribution is -0.138. The monoisotopic (exact) mass is 381 g/mol. The molecule has 3 heterocycles. The lowest BCUT2D eigenvalue weighted by Gasteiger charge is -2.46. The van der Waals surface area contributed by atoms with E-state index in [0.29, 0.717) is 5.92 Å². The Morgan fingerprint density at radius 1 is 1.36 bits per heavy atom. The molecule has 28 heavy (non-hydrogen) atoms. The number of methoxy groups -OCH3 is 1. The first kappa shape index (κ1) is 19.0. The highest BCUT2D eigenvalue weighted by molar-refractivity contribution is 6.01. The summed E-state index contributed by atoms with van der Waals surface area (Å²) in [5, 5.41) is 1.25. The Balaban J connectivity index is 1.92. The van der Waals surface area contributed by atoms with E-state index in [0.717, 1.165) is 41.8 Å². The van der Waals surface area contributed by atoms with Crippen LogP contribution in [0.2, 0.25) is 0 Å². The summed E-state index contributed by atoms with van der Waals surface area (Å²) in [4.78, 5) is 23.7. The summed E-state index contributed by atoms with van der Waals surface area (Å²) in [6.45, 7) is 10.6. The van der Waals surface area contributed by atoms with E-state index in [4.69, 9.17) is 9.73 Å². The summed E-state index contributed by atoms with van der Waals surface area (Å²) in [5.41, 5.74) is 5.93. The average Bonchev–Trinajstić information content (AvgIpc) is 3.00. The Bertz CT molecular complexity index is 956. The van der Waals surface area contributed by atoms with Crippen LogP contribution in [0.25, 0.3) is 10.9 Å². The van der Waals surface area contributed by atoms with Crippen molar-refractivity contribution in [1.29, 1.82) is 0 Å². The number of H-pyrrole nitrogens is 1. The summed E-state index contributed by atoms with van der Waals surface area (Å²) in [7, 11) is 1.71. The Morgan fingerprint density at radius 3 is 2.75 bits per heavy atom. The van der Waals surface area contributed by atoms with Gasteiger partial charge in [-0.3, -0.25) is 9.79 Å². The quantitative estimate of drug-likeness (QED) is 0.843. The van der Waals surface area contributed by atoms with E-state index in [1.807, 2.05) is 6.92 Å². The van der Waals surface area contributed by atoms with Gasteiger partial charge in [-0.2, -0.15) is 0 Å². The van der Waals surface area contributed by atoms with Gasteiger partial charge in [0, 0.05) is 34.8 Å². The van der Waals surface area contributed by atoms with Gasteiger partial charge in [0.1, 0.15) is 11.8 Å². The molecule has 2 aromatic rings. The highest BCUT2D eigenvalue weighted by atomic mass is 16.5. The van der Waals surface area contributed by atoms with E-state index in [1.165, 1.54) is 16.6 Å². The van der Waals surface area contributed by atoms with Gasteiger partial charge >= 0.3 is 0 Å². The van der Waals surface area contributed by atoms with Gasteiger partial charge in [-0.15, -0.1) is 0 Å². The molecule has 1 aromatic heterocycles. The molecule has 0 saturated heterocycles. The molecule has 1 N–H and O–H groups in total. The van der Waals surface area contributed by atoms with Crippen molar-refractivity contribution in [3.05, 3.63) is 29.0 Å². The SMILES string of the molecule is CCC1=NC(C)C(=O)N2C1Cc1c([nH]c3cc(OC)c(C)cc13)C2CC(C)C. The van der Waals surface area contributed by atoms with Gasteiger partial charge < -0.3 is 14.6 Å². The maximum Gasteiger partial charge on any atom is 0.248 e. The molecule has 150 valence electrons. The second kappa shape index (κ2) is 6.94. The number of amides is 1. The van der Waals surface area contributed by atoms with Crippen molar-refractivity contribution in [1.82, 2.24) is 9.88 Å². The van der Waals surface area contributed by atoms with Crippen LogP contribution in [0.3, 0.4) is 0 Å². The molecule has 1 amide bonds. The molecule has 0 bridgehead atoms. The number of carbonyl (C=O) groups excluding carboxylic acids is 1. The van der Waals surface area contributed by atoms with Crippen molar-refractivity contribution in [2.75, 3.05) is 7.11 Å². The van der Waals surface area contributed by atoms with E-state index < -0.39 is 0 Å². The minimum absolute atomic E-state index is 0.0689. The summed E-state index contributed by atoms with van der Waals surface area (Å²) in [6, 6.07) is 4.18. The topological polar surface area (TPSA) is 57.7 Å². The molecule has 0 fully saturated rings. The predicted octanol–water partition coefficient (Wildman–Crippen LogP) is 4.58. The third-order valence-electron chi connectivity index (χ3n) is 6.27. The summed E-state index contributed by atoms with van der Waals surface area (Å²) in [6.07, 6.45) is 2.67. The fourth-order valence-electron chi connectivity index (χ4n) is 4.98. The fraction of sp³-hybridized carbons (Fsp3) is 0.565. The summed E-state index contributed by atoms with van der Waals surface area (Å²) < 4.78 is 5.53. The normalized spacial score (nSPS) is 24.4. The molecule has 0 spiro atoms. The Hall–Kier alpha value is -2.30. The van der Waals surface area contributed by atoms with Crippen LogP contribution in [0.1, 0.15) is 63.4 Å². The van der Waals surface area contributed by atoms with Gasteiger partial charge in [0.25, 0.3) is 0 Å². The molecule has 2 aliphatic rings. The molecule has 1 aromatic carbocycles. The highest BCUT2D eigenvalue weighted by Gasteiger charge is 2.44. The number of hydrogen-bond acceptors (Lipinski definition) is 3. The number of fused-ring (bicyclic) bond motifs is 4. The lowest BCUT2D eigenvalue weighted by atomic mass is 9.83. The zero-order chi connectivity index (χ0) is 20.2. The maximum atomic E-state index is 13.2. The first-order chi connectivity index (χ1) is 13.3. The van der Waals surface area contributed by atoms with Crippen LogP contribution in [-0.2, 0) is 11.2 Å². The van der Waals surface area contributed by atoms with Crippen LogP contribution < -0.4 is 4.74 Å². The number of aromatic nitrogens is 1. The van der Waals surface area contributed by atoms with Crippen molar-refractivity contribution < 1.29 is 9.53 Å².